The lowest BCUT2D eigenvalue weighted by atomic mass is 9.90. The number of allylic oxidation sites excluding steroid dienone is 2. The fraction of sp³-hybridized carbons (Fsp3) is 0.486. The van der Waals surface area contributed by atoms with Crippen LogP contribution in [0.15, 0.2) is 60.7 Å². The SMILES string of the molecule is COC(=O)[C@]12CC(=O)[C@@H]3C[C@@H](Oc4nc5ccccc5s4)CN3C(=O)[C@@H](Cc3ccc(C)cc3)CCCCC/C=C\[C@@H]1C2. The van der Waals surface area contributed by atoms with Crippen LogP contribution in [0.4, 0.5) is 0 Å². The zero-order chi connectivity index (χ0) is 30.0. The number of carbonyl (C=O) groups is 3. The number of methoxy groups -OCH3 is 1. The molecular formula is C35H40N2O5S. The smallest absolute Gasteiger partial charge is 0.312 e. The molecule has 5 atom stereocenters. The molecule has 2 aromatic carbocycles. The maximum atomic E-state index is 14.4. The molecule has 0 unspecified atom stereocenters. The zero-order valence-electron chi connectivity index (χ0n) is 25.0. The number of thiazole rings is 1. The summed E-state index contributed by atoms with van der Waals surface area (Å²) in [6.45, 7) is 2.38. The monoisotopic (exact) mass is 600 g/mol. The van der Waals surface area contributed by atoms with Gasteiger partial charge >= 0.3 is 5.97 Å². The van der Waals surface area contributed by atoms with Crippen LogP contribution in [0.2, 0.25) is 0 Å². The number of para-hydroxylation sites is 1. The molecule has 2 fully saturated rings. The van der Waals surface area contributed by atoms with Crippen molar-refractivity contribution in [3.8, 4) is 5.19 Å². The third-order valence-corrected chi connectivity index (χ3v) is 10.3. The van der Waals surface area contributed by atoms with Gasteiger partial charge in [-0.05, 0) is 62.6 Å². The number of fused-ring (bicyclic) bond motifs is 3. The van der Waals surface area contributed by atoms with E-state index in [9.17, 15) is 14.4 Å². The second-order valence-corrected chi connectivity index (χ2v) is 13.5. The van der Waals surface area contributed by atoms with Crippen LogP contribution < -0.4 is 4.74 Å². The van der Waals surface area contributed by atoms with Crippen molar-refractivity contribution in [1.29, 1.82) is 0 Å². The van der Waals surface area contributed by atoms with Crippen molar-refractivity contribution in [1.82, 2.24) is 9.88 Å². The summed E-state index contributed by atoms with van der Waals surface area (Å²) in [4.78, 5) is 47.8. The van der Waals surface area contributed by atoms with E-state index in [2.05, 4.69) is 48.3 Å². The van der Waals surface area contributed by atoms with Gasteiger partial charge in [0.05, 0.1) is 35.3 Å². The molecule has 1 aromatic heterocycles. The Morgan fingerprint density at radius 1 is 1.09 bits per heavy atom. The van der Waals surface area contributed by atoms with Crippen LogP contribution in [0.5, 0.6) is 5.19 Å². The van der Waals surface area contributed by atoms with E-state index in [0.29, 0.717) is 31.0 Å². The first kappa shape index (κ1) is 29.5. The molecule has 7 nitrogen and oxygen atoms in total. The molecule has 3 aromatic rings. The fourth-order valence-corrected chi connectivity index (χ4v) is 7.73. The first-order valence-corrected chi connectivity index (χ1v) is 16.3. The van der Waals surface area contributed by atoms with Crippen LogP contribution in [0.1, 0.15) is 62.5 Å². The third kappa shape index (κ3) is 6.40. The number of hydrogen-bond donors (Lipinski definition) is 0. The van der Waals surface area contributed by atoms with E-state index in [1.807, 2.05) is 24.3 Å². The molecule has 226 valence electrons. The largest absolute Gasteiger partial charge is 0.469 e. The molecular weight excluding hydrogens is 560 g/mol. The molecule has 1 amide bonds. The molecule has 0 bridgehead atoms. The Hall–Kier alpha value is -3.52. The minimum atomic E-state index is -0.843. The molecule has 3 aliphatic rings. The number of esters is 1. The molecule has 8 heteroatoms. The Morgan fingerprint density at radius 3 is 2.70 bits per heavy atom. The summed E-state index contributed by atoms with van der Waals surface area (Å²) < 4.78 is 12.6. The van der Waals surface area contributed by atoms with Crippen molar-refractivity contribution in [2.75, 3.05) is 13.7 Å². The highest BCUT2D eigenvalue weighted by Gasteiger charge is 2.61. The van der Waals surface area contributed by atoms with E-state index in [1.54, 1.807) is 4.90 Å². The summed E-state index contributed by atoms with van der Waals surface area (Å²) in [5.41, 5.74) is 2.33. The van der Waals surface area contributed by atoms with Gasteiger partial charge in [-0.3, -0.25) is 14.4 Å². The molecule has 6 rings (SSSR count). The number of nitrogens with zero attached hydrogens (tertiary/aromatic N) is 2. The predicted octanol–water partition coefficient (Wildman–Crippen LogP) is 6.47. The minimum Gasteiger partial charge on any atom is -0.469 e. The van der Waals surface area contributed by atoms with E-state index in [1.165, 1.54) is 24.0 Å². The van der Waals surface area contributed by atoms with E-state index in [0.717, 1.165) is 47.9 Å². The maximum absolute atomic E-state index is 14.4. The summed E-state index contributed by atoms with van der Waals surface area (Å²) in [7, 11) is 1.39. The fourth-order valence-electron chi connectivity index (χ4n) is 6.85. The molecule has 1 saturated heterocycles. The van der Waals surface area contributed by atoms with Crippen molar-refractivity contribution in [3.63, 3.8) is 0 Å². The quantitative estimate of drug-likeness (QED) is 0.247. The van der Waals surface area contributed by atoms with Gasteiger partial charge in [-0.15, -0.1) is 0 Å². The Bertz CT molecular complexity index is 1480. The molecule has 0 N–H and O–H groups in total. The van der Waals surface area contributed by atoms with Crippen molar-refractivity contribution in [2.24, 2.45) is 17.3 Å². The number of aryl methyl sites for hydroxylation is 1. The van der Waals surface area contributed by atoms with Gasteiger partial charge in [0.2, 0.25) is 5.91 Å². The highest BCUT2D eigenvalue weighted by atomic mass is 32.1. The van der Waals surface area contributed by atoms with Crippen LogP contribution in [0.25, 0.3) is 10.2 Å². The minimum absolute atomic E-state index is 0.00165. The van der Waals surface area contributed by atoms with Crippen LogP contribution in [-0.2, 0) is 25.5 Å². The first-order valence-electron chi connectivity index (χ1n) is 15.5. The molecule has 43 heavy (non-hydrogen) atoms. The third-order valence-electron chi connectivity index (χ3n) is 9.42. The van der Waals surface area contributed by atoms with E-state index < -0.39 is 11.5 Å². The topological polar surface area (TPSA) is 85.8 Å². The number of Topliss-reactive ketones (excluding diaryl/α,β-unsaturated/α-hetero) is 1. The van der Waals surface area contributed by atoms with Crippen LogP contribution in [0.3, 0.4) is 0 Å². The molecule has 2 aliphatic heterocycles. The molecule has 3 heterocycles. The zero-order valence-corrected chi connectivity index (χ0v) is 25.8. The summed E-state index contributed by atoms with van der Waals surface area (Å²) in [6.07, 6.45) is 10.3. The van der Waals surface area contributed by atoms with Crippen LogP contribution in [-0.4, -0.2) is 53.3 Å². The molecule has 1 aliphatic carbocycles. The number of aromatic nitrogens is 1. The number of ketones is 1. The Kier molecular flexibility index (Phi) is 8.66. The van der Waals surface area contributed by atoms with Crippen molar-refractivity contribution >= 4 is 39.2 Å². The average molecular weight is 601 g/mol. The Balaban J connectivity index is 1.29. The summed E-state index contributed by atoms with van der Waals surface area (Å²) in [5, 5.41) is 0.545. The number of ether oxygens (including phenoxy) is 2. The van der Waals surface area contributed by atoms with E-state index in [4.69, 9.17) is 9.47 Å². The first-order chi connectivity index (χ1) is 20.9. The highest BCUT2D eigenvalue weighted by Crippen LogP contribution is 2.57. The lowest BCUT2D eigenvalue weighted by molar-refractivity contribution is -0.150. The van der Waals surface area contributed by atoms with Gasteiger partial charge in [-0.2, -0.15) is 0 Å². The van der Waals surface area contributed by atoms with E-state index >= 15 is 0 Å². The maximum Gasteiger partial charge on any atom is 0.312 e. The van der Waals surface area contributed by atoms with Gasteiger partial charge in [0.25, 0.3) is 5.19 Å². The summed E-state index contributed by atoms with van der Waals surface area (Å²) in [6, 6.07) is 15.6. The molecule has 0 spiro atoms. The van der Waals surface area contributed by atoms with Crippen molar-refractivity contribution in [2.45, 2.75) is 76.9 Å². The van der Waals surface area contributed by atoms with E-state index in [-0.39, 0.29) is 42.0 Å². The number of hydrogen-bond acceptors (Lipinski definition) is 7. The highest BCUT2D eigenvalue weighted by molar-refractivity contribution is 7.20. The van der Waals surface area contributed by atoms with Gasteiger partial charge in [-0.1, -0.05) is 78.3 Å². The lowest BCUT2D eigenvalue weighted by Gasteiger charge is -2.29. The average Bonchev–Trinajstić information content (AvgIpc) is 3.32. The number of benzene rings is 2. The second kappa shape index (κ2) is 12.6. The normalized spacial score (nSPS) is 28.8. The second-order valence-electron chi connectivity index (χ2n) is 12.5. The van der Waals surface area contributed by atoms with Gasteiger partial charge in [0, 0.05) is 18.8 Å². The molecule has 1 saturated carbocycles. The van der Waals surface area contributed by atoms with Gasteiger partial charge in [0.1, 0.15) is 6.10 Å². The Morgan fingerprint density at radius 2 is 1.91 bits per heavy atom. The van der Waals surface area contributed by atoms with Crippen molar-refractivity contribution in [3.05, 3.63) is 71.8 Å². The number of amides is 1. The van der Waals surface area contributed by atoms with Gasteiger partial charge in [-0.25, -0.2) is 4.98 Å². The van der Waals surface area contributed by atoms with Crippen molar-refractivity contribution < 1.29 is 23.9 Å². The standard InChI is InChI=1S/C35H40N2O5S/c1-23-14-16-24(17-15-23)18-25-10-6-4-3-5-7-11-26-20-35(26,33(40)41-2)21-30(38)29-19-27(22-37(29)32(25)39)42-34-36-28-12-8-9-13-31(28)43-34/h7-9,11-17,25-27,29H,3-6,10,18-22H2,1-2H3/b11-7-/t25-,26-,27-,29+,35-/m1/s1. The summed E-state index contributed by atoms with van der Waals surface area (Å²) in [5.74, 6) is -0.669. The van der Waals surface area contributed by atoms with Crippen LogP contribution in [0, 0.1) is 24.2 Å². The number of rotatable bonds is 5. The Labute approximate surface area is 257 Å². The van der Waals surface area contributed by atoms with Gasteiger partial charge < -0.3 is 14.4 Å². The summed E-state index contributed by atoms with van der Waals surface area (Å²) >= 11 is 1.47. The van der Waals surface area contributed by atoms with Gasteiger partial charge in [0.15, 0.2) is 5.78 Å². The molecule has 0 radical (unpaired) electrons. The predicted molar refractivity (Wildman–Crippen MR) is 167 cm³/mol. The van der Waals surface area contributed by atoms with Crippen LogP contribution >= 0.6 is 11.3 Å². The number of carbonyl (C=O) groups excluding carboxylic acids is 3. The lowest BCUT2D eigenvalue weighted by Crippen LogP contribution is -2.45.